The maximum Gasteiger partial charge on any atom is 0.169 e. The minimum atomic E-state index is 0.0587. The lowest BCUT2D eigenvalue weighted by Crippen LogP contribution is -2.07. The Bertz CT molecular complexity index is 1420. The van der Waals surface area contributed by atoms with Crippen molar-refractivity contribution in [3.8, 4) is 39.9 Å². The standard InChI is InChI=1S/C35H38O4/c1-23(2)37-31-16-18-33-28(22-31)12-7-26-10-19-34(38-24(3)4)35(20-26)39-29-13-8-25(9-14-29)6-11-27-21-30(36-5)15-17-32(27)33/h8-10,13-24H,6-7,11-12H2,1-5H3. The molecule has 0 unspecified atom stereocenters. The summed E-state index contributed by atoms with van der Waals surface area (Å²) in [6, 6.07) is 27.6. The van der Waals surface area contributed by atoms with Gasteiger partial charge in [-0.1, -0.05) is 30.3 Å². The highest BCUT2D eigenvalue weighted by molar-refractivity contribution is 5.73. The highest BCUT2D eigenvalue weighted by atomic mass is 16.5. The first-order valence-electron chi connectivity index (χ1n) is 13.9. The van der Waals surface area contributed by atoms with Crippen molar-refractivity contribution < 1.29 is 18.9 Å². The number of benzene rings is 4. The smallest absolute Gasteiger partial charge is 0.169 e. The second-order valence-corrected chi connectivity index (χ2v) is 10.7. The first kappa shape index (κ1) is 26.7. The van der Waals surface area contributed by atoms with Crippen LogP contribution in [0.15, 0.2) is 78.9 Å². The molecule has 4 heteroatoms. The van der Waals surface area contributed by atoms with Crippen LogP contribution in [0.5, 0.6) is 28.7 Å². The van der Waals surface area contributed by atoms with Crippen LogP contribution < -0.4 is 18.9 Å². The predicted molar refractivity (Wildman–Crippen MR) is 158 cm³/mol. The molecule has 0 N–H and O–H groups in total. The van der Waals surface area contributed by atoms with Crippen LogP contribution >= 0.6 is 0 Å². The SMILES string of the molecule is COc1ccc2c(c1)CCc1ccc(cc1)Oc1cc(ccc1OC(C)C)CCc1cc(OC(C)C)ccc1-2. The Hall–Kier alpha value is -3.92. The Balaban J connectivity index is 1.62. The molecule has 4 aromatic carbocycles. The molecule has 0 fully saturated rings. The molecule has 0 saturated carbocycles. The third kappa shape index (κ3) is 6.57. The molecule has 0 saturated heterocycles. The average Bonchev–Trinajstić information content (AvgIpc) is 2.92. The molecule has 4 nitrogen and oxygen atoms in total. The van der Waals surface area contributed by atoms with Crippen molar-refractivity contribution in [1.82, 2.24) is 0 Å². The van der Waals surface area contributed by atoms with Gasteiger partial charge in [0.2, 0.25) is 0 Å². The van der Waals surface area contributed by atoms with E-state index in [1.54, 1.807) is 7.11 Å². The Kier molecular flexibility index (Phi) is 8.11. The maximum absolute atomic E-state index is 6.36. The molecule has 0 radical (unpaired) electrons. The van der Waals surface area contributed by atoms with E-state index in [9.17, 15) is 0 Å². The van der Waals surface area contributed by atoms with Gasteiger partial charge in [0.05, 0.1) is 19.3 Å². The van der Waals surface area contributed by atoms with Gasteiger partial charge in [-0.15, -0.1) is 0 Å². The van der Waals surface area contributed by atoms with Crippen LogP contribution in [0, 0.1) is 0 Å². The fourth-order valence-corrected chi connectivity index (χ4v) is 5.10. The number of rotatable bonds is 5. The third-order valence-corrected chi connectivity index (χ3v) is 6.94. The summed E-state index contributed by atoms with van der Waals surface area (Å²) in [5.41, 5.74) is 7.48. The monoisotopic (exact) mass is 522 g/mol. The number of methoxy groups -OCH3 is 1. The van der Waals surface area contributed by atoms with Crippen molar-refractivity contribution in [2.45, 2.75) is 65.6 Å². The zero-order valence-electron chi connectivity index (χ0n) is 23.6. The molecule has 6 rings (SSSR count). The van der Waals surface area contributed by atoms with Crippen molar-refractivity contribution in [3.63, 3.8) is 0 Å². The van der Waals surface area contributed by atoms with Crippen molar-refractivity contribution >= 4 is 0 Å². The van der Waals surface area contributed by atoms with Gasteiger partial charge in [0.25, 0.3) is 0 Å². The van der Waals surface area contributed by atoms with E-state index < -0.39 is 0 Å². The summed E-state index contributed by atoms with van der Waals surface area (Å²) < 4.78 is 24.1. The topological polar surface area (TPSA) is 36.9 Å². The van der Waals surface area contributed by atoms with Crippen molar-refractivity contribution in [2.24, 2.45) is 0 Å². The van der Waals surface area contributed by atoms with Crippen LogP contribution in [0.3, 0.4) is 0 Å². The highest BCUT2D eigenvalue weighted by Gasteiger charge is 2.16. The van der Waals surface area contributed by atoms with Crippen LogP contribution in [-0.4, -0.2) is 19.3 Å². The predicted octanol–water partition coefficient (Wildman–Crippen LogP) is 8.61. The van der Waals surface area contributed by atoms with Gasteiger partial charge >= 0.3 is 0 Å². The molecule has 4 bridgehead atoms. The zero-order chi connectivity index (χ0) is 27.4. The van der Waals surface area contributed by atoms with Gasteiger partial charge in [-0.25, -0.2) is 0 Å². The van der Waals surface area contributed by atoms with E-state index in [1.165, 1.54) is 33.4 Å². The van der Waals surface area contributed by atoms with Gasteiger partial charge in [0, 0.05) is 0 Å². The summed E-state index contributed by atoms with van der Waals surface area (Å²) in [4.78, 5) is 0. The van der Waals surface area contributed by atoms with Crippen LogP contribution in [0.2, 0.25) is 0 Å². The molecule has 0 aliphatic carbocycles. The van der Waals surface area contributed by atoms with Crippen LogP contribution in [-0.2, 0) is 25.7 Å². The fraction of sp³-hybridized carbons (Fsp3) is 0.314. The van der Waals surface area contributed by atoms with E-state index in [2.05, 4.69) is 74.5 Å². The van der Waals surface area contributed by atoms with Gasteiger partial charge in [0.1, 0.15) is 17.2 Å². The quantitative estimate of drug-likeness (QED) is 0.263. The molecule has 0 aromatic heterocycles. The lowest BCUT2D eigenvalue weighted by atomic mass is 9.90. The number of fused-ring (bicyclic) bond motifs is 4. The molecule has 0 atom stereocenters. The Morgan fingerprint density at radius 1 is 0.590 bits per heavy atom. The Labute approximate surface area is 232 Å². The molecule has 4 aromatic rings. The average molecular weight is 523 g/mol. The van der Waals surface area contributed by atoms with Gasteiger partial charge < -0.3 is 18.9 Å². The second-order valence-electron chi connectivity index (χ2n) is 10.7. The minimum absolute atomic E-state index is 0.0587. The molecule has 2 aliphatic heterocycles. The molecule has 0 amide bonds. The lowest BCUT2D eigenvalue weighted by Gasteiger charge is -2.19. The first-order valence-corrected chi connectivity index (χ1v) is 13.9. The van der Waals surface area contributed by atoms with Gasteiger partial charge in [0.15, 0.2) is 11.5 Å². The van der Waals surface area contributed by atoms with Crippen molar-refractivity contribution in [3.05, 3.63) is 101 Å². The van der Waals surface area contributed by atoms with Gasteiger partial charge in [-0.2, -0.15) is 0 Å². The molecule has 39 heavy (non-hydrogen) atoms. The summed E-state index contributed by atoms with van der Waals surface area (Å²) >= 11 is 0. The largest absolute Gasteiger partial charge is 0.497 e. The van der Waals surface area contributed by atoms with Gasteiger partial charge in [-0.3, -0.25) is 0 Å². The fourth-order valence-electron chi connectivity index (χ4n) is 5.10. The third-order valence-electron chi connectivity index (χ3n) is 6.94. The van der Waals surface area contributed by atoms with Gasteiger partial charge in [-0.05, 0) is 135 Å². The maximum atomic E-state index is 6.36. The summed E-state index contributed by atoms with van der Waals surface area (Å²) in [5, 5.41) is 0. The molecular weight excluding hydrogens is 484 g/mol. The Morgan fingerprint density at radius 3 is 1.82 bits per heavy atom. The zero-order valence-corrected chi connectivity index (χ0v) is 23.6. The van der Waals surface area contributed by atoms with Crippen LogP contribution in [0.4, 0.5) is 0 Å². The van der Waals surface area contributed by atoms with E-state index in [0.29, 0.717) is 0 Å². The summed E-state index contributed by atoms with van der Waals surface area (Å²) in [6.07, 6.45) is 3.73. The Morgan fingerprint density at radius 2 is 1.18 bits per heavy atom. The highest BCUT2D eigenvalue weighted by Crippen LogP contribution is 2.37. The number of hydrogen-bond acceptors (Lipinski definition) is 4. The second kappa shape index (κ2) is 11.9. The summed E-state index contributed by atoms with van der Waals surface area (Å²) in [7, 11) is 1.73. The van der Waals surface area contributed by atoms with Crippen LogP contribution in [0.1, 0.15) is 49.9 Å². The van der Waals surface area contributed by atoms with E-state index in [0.717, 1.165) is 54.4 Å². The lowest BCUT2D eigenvalue weighted by molar-refractivity contribution is 0.233. The van der Waals surface area contributed by atoms with Crippen molar-refractivity contribution in [2.75, 3.05) is 7.11 Å². The van der Waals surface area contributed by atoms with E-state index in [-0.39, 0.29) is 12.2 Å². The minimum Gasteiger partial charge on any atom is -0.497 e. The van der Waals surface area contributed by atoms with E-state index in [4.69, 9.17) is 18.9 Å². The number of aryl methyl sites for hydroxylation is 4. The van der Waals surface area contributed by atoms with E-state index >= 15 is 0 Å². The summed E-state index contributed by atoms with van der Waals surface area (Å²) in [5.74, 6) is 4.09. The van der Waals surface area contributed by atoms with Crippen LogP contribution in [0.25, 0.3) is 11.1 Å². The summed E-state index contributed by atoms with van der Waals surface area (Å²) in [6.45, 7) is 8.19. The first-order chi connectivity index (χ1) is 18.9. The molecule has 202 valence electrons. The molecule has 2 heterocycles. The molecular formula is C35H38O4. The molecule has 2 aliphatic rings. The van der Waals surface area contributed by atoms with Crippen molar-refractivity contribution in [1.29, 1.82) is 0 Å². The van der Waals surface area contributed by atoms with E-state index in [1.807, 2.05) is 32.0 Å². The number of hydrogen-bond donors (Lipinski definition) is 0. The molecule has 0 spiro atoms. The normalized spacial score (nSPS) is 13.0. The number of ether oxygens (including phenoxy) is 4.